The van der Waals surface area contributed by atoms with Crippen LogP contribution in [0.2, 0.25) is 0 Å². The molecular formula is C23H18F3N5O. The molecular weight excluding hydrogens is 419 g/mol. The van der Waals surface area contributed by atoms with Crippen LogP contribution in [0.5, 0.6) is 0 Å². The van der Waals surface area contributed by atoms with E-state index >= 15 is 0 Å². The Kier molecular flexibility index (Phi) is 6.09. The third kappa shape index (κ3) is 4.89. The van der Waals surface area contributed by atoms with E-state index in [4.69, 9.17) is 5.11 Å². The maximum atomic E-state index is 13.5. The van der Waals surface area contributed by atoms with Crippen LogP contribution in [0, 0.1) is 0 Å². The molecule has 4 rings (SSSR count). The van der Waals surface area contributed by atoms with Gasteiger partial charge in [-0.3, -0.25) is 9.97 Å². The molecule has 0 saturated heterocycles. The molecule has 0 saturated carbocycles. The van der Waals surface area contributed by atoms with Crippen molar-refractivity contribution in [3.63, 3.8) is 0 Å². The highest BCUT2D eigenvalue weighted by Gasteiger charge is 2.35. The molecule has 3 heterocycles. The Morgan fingerprint density at radius 3 is 2.25 bits per heavy atom. The second kappa shape index (κ2) is 9.11. The molecule has 0 unspecified atom stereocenters. The third-order valence-corrected chi connectivity index (χ3v) is 4.72. The molecule has 0 aliphatic rings. The Hall–Kier alpha value is -3.85. The Morgan fingerprint density at radius 2 is 1.62 bits per heavy atom. The lowest BCUT2D eigenvalue weighted by molar-refractivity contribution is -0.137. The van der Waals surface area contributed by atoms with Crippen LogP contribution in [0.25, 0.3) is 22.5 Å². The zero-order valence-electron chi connectivity index (χ0n) is 16.7. The van der Waals surface area contributed by atoms with E-state index < -0.39 is 11.7 Å². The van der Waals surface area contributed by atoms with E-state index in [0.29, 0.717) is 12.2 Å². The minimum Gasteiger partial charge on any atom is -0.390 e. The van der Waals surface area contributed by atoms with Gasteiger partial charge in [-0.05, 0) is 29.8 Å². The fraction of sp³-hybridized carbons (Fsp3) is 0.130. The number of alkyl halides is 3. The molecule has 32 heavy (non-hydrogen) atoms. The average molecular weight is 437 g/mol. The molecule has 0 atom stereocenters. The molecule has 162 valence electrons. The summed E-state index contributed by atoms with van der Waals surface area (Å²) >= 11 is 0. The number of rotatable bonds is 6. The zero-order valence-corrected chi connectivity index (χ0v) is 16.7. The van der Waals surface area contributed by atoms with Gasteiger partial charge in [-0.25, -0.2) is 9.97 Å². The lowest BCUT2D eigenvalue weighted by atomic mass is 10.1. The SMILES string of the molecule is OCc1ccc(-c2nc(NCc3ccc(-c4ccccn4)cc3)ncc2C(F)(F)F)cn1. The number of benzene rings is 1. The molecule has 0 bridgehead atoms. The van der Waals surface area contributed by atoms with E-state index in [1.54, 1.807) is 6.20 Å². The Labute approximate surface area is 181 Å². The summed E-state index contributed by atoms with van der Waals surface area (Å²) in [6.45, 7) is 0.0249. The first-order valence-corrected chi connectivity index (χ1v) is 9.68. The lowest BCUT2D eigenvalue weighted by Gasteiger charge is -2.14. The van der Waals surface area contributed by atoms with Gasteiger partial charge >= 0.3 is 6.18 Å². The van der Waals surface area contributed by atoms with Gasteiger partial charge in [0.15, 0.2) is 0 Å². The third-order valence-electron chi connectivity index (χ3n) is 4.72. The van der Waals surface area contributed by atoms with Gasteiger partial charge in [0.25, 0.3) is 0 Å². The molecule has 1 aromatic carbocycles. The number of nitrogens with zero attached hydrogens (tertiary/aromatic N) is 4. The highest BCUT2D eigenvalue weighted by molar-refractivity contribution is 5.64. The van der Waals surface area contributed by atoms with Crippen molar-refractivity contribution in [2.24, 2.45) is 0 Å². The number of hydrogen-bond donors (Lipinski definition) is 2. The number of pyridine rings is 2. The van der Waals surface area contributed by atoms with Crippen molar-refractivity contribution in [1.29, 1.82) is 0 Å². The van der Waals surface area contributed by atoms with E-state index in [1.807, 2.05) is 42.5 Å². The van der Waals surface area contributed by atoms with Crippen molar-refractivity contribution in [2.45, 2.75) is 19.3 Å². The van der Waals surface area contributed by atoms with Crippen LogP contribution in [0.15, 0.2) is 73.2 Å². The molecule has 4 aromatic rings. The van der Waals surface area contributed by atoms with Crippen LogP contribution in [0.4, 0.5) is 19.1 Å². The van der Waals surface area contributed by atoms with Gasteiger partial charge in [0.05, 0.1) is 23.7 Å². The first-order valence-electron chi connectivity index (χ1n) is 9.68. The normalized spacial score (nSPS) is 11.4. The first-order chi connectivity index (χ1) is 15.4. The standard InChI is InChI=1S/C23H18F3N5O/c24-23(25,26)19-13-30-22(31-21(19)17-8-9-18(14-32)28-12-17)29-11-15-4-6-16(7-5-15)20-3-1-2-10-27-20/h1-10,12-13,32H,11,14H2,(H,29,30,31). The zero-order chi connectivity index (χ0) is 22.6. The van der Waals surface area contributed by atoms with E-state index in [9.17, 15) is 13.2 Å². The summed E-state index contributed by atoms with van der Waals surface area (Å²) in [6, 6.07) is 16.2. The quantitative estimate of drug-likeness (QED) is 0.454. The monoisotopic (exact) mass is 437 g/mol. The fourth-order valence-electron chi connectivity index (χ4n) is 3.06. The Balaban J connectivity index is 1.55. The first kappa shape index (κ1) is 21.4. The molecule has 0 fully saturated rings. The van der Waals surface area contributed by atoms with Crippen molar-refractivity contribution in [2.75, 3.05) is 5.32 Å². The summed E-state index contributed by atoms with van der Waals surface area (Å²) in [5.41, 5.74) is 2.01. The van der Waals surface area contributed by atoms with Gasteiger partial charge in [-0.2, -0.15) is 13.2 Å². The second-order valence-electron chi connectivity index (χ2n) is 6.92. The highest BCUT2D eigenvalue weighted by Crippen LogP contribution is 2.36. The molecule has 0 aliphatic heterocycles. The topological polar surface area (TPSA) is 83.8 Å². The molecule has 0 aliphatic carbocycles. The van der Waals surface area contributed by atoms with Gasteiger partial charge in [0, 0.05) is 36.3 Å². The van der Waals surface area contributed by atoms with E-state index in [0.717, 1.165) is 23.0 Å². The van der Waals surface area contributed by atoms with Gasteiger partial charge in [0.2, 0.25) is 5.95 Å². The summed E-state index contributed by atoms with van der Waals surface area (Å²) in [7, 11) is 0. The van der Waals surface area contributed by atoms with Crippen LogP contribution >= 0.6 is 0 Å². The molecule has 6 nitrogen and oxygen atoms in total. The summed E-state index contributed by atoms with van der Waals surface area (Å²) in [5, 5.41) is 12.1. The highest BCUT2D eigenvalue weighted by atomic mass is 19.4. The van der Waals surface area contributed by atoms with E-state index in [2.05, 4.69) is 25.3 Å². The fourth-order valence-corrected chi connectivity index (χ4v) is 3.06. The van der Waals surface area contributed by atoms with Crippen LogP contribution in [0.3, 0.4) is 0 Å². The second-order valence-corrected chi connectivity index (χ2v) is 6.92. The minimum absolute atomic E-state index is 0.0630. The van der Waals surface area contributed by atoms with Crippen molar-refractivity contribution in [1.82, 2.24) is 19.9 Å². The minimum atomic E-state index is -4.62. The van der Waals surface area contributed by atoms with Crippen LogP contribution in [-0.4, -0.2) is 25.0 Å². The number of aromatic nitrogens is 4. The molecule has 0 radical (unpaired) electrons. The predicted octanol–water partition coefficient (Wildman–Crippen LogP) is 4.72. The molecule has 0 spiro atoms. The summed E-state index contributed by atoms with van der Waals surface area (Å²) in [4.78, 5) is 16.2. The predicted molar refractivity (Wildman–Crippen MR) is 113 cm³/mol. The average Bonchev–Trinajstić information content (AvgIpc) is 2.83. The number of anilines is 1. The Bertz CT molecular complexity index is 1180. The molecule has 2 N–H and O–H groups in total. The number of halogens is 3. The number of aliphatic hydroxyl groups is 1. The van der Waals surface area contributed by atoms with E-state index in [1.165, 1.54) is 18.3 Å². The van der Waals surface area contributed by atoms with Crippen molar-refractivity contribution >= 4 is 5.95 Å². The number of nitrogens with one attached hydrogen (secondary N) is 1. The summed E-state index contributed by atoms with van der Waals surface area (Å²) in [5.74, 6) is 0.0630. The van der Waals surface area contributed by atoms with Crippen LogP contribution in [0.1, 0.15) is 16.8 Å². The van der Waals surface area contributed by atoms with Gasteiger partial charge in [-0.15, -0.1) is 0 Å². The molecule has 0 amide bonds. The van der Waals surface area contributed by atoms with Crippen molar-refractivity contribution < 1.29 is 18.3 Å². The largest absolute Gasteiger partial charge is 0.419 e. The van der Waals surface area contributed by atoms with E-state index in [-0.39, 0.29) is 23.8 Å². The van der Waals surface area contributed by atoms with Gasteiger partial charge < -0.3 is 10.4 Å². The Morgan fingerprint density at radius 1 is 0.844 bits per heavy atom. The van der Waals surface area contributed by atoms with Gasteiger partial charge in [0.1, 0.15) is 5.56 Å². The number of aliphatic hydroxyl groups excluding tert-OH is 1. The molecule has 3 aromatic heterocycles. The maximum Gasteiger partial charge on any atom is 0.419 e. The number of hydrogen-bond acceptors (Lipinski definition) is 6. The summed E-state index contributed by atoms with van der Waals surface area (Å²) < 4.78 is 40.4. The van der Waals surface area contributed by atoms with Gasteiger partial charge in [-0.1, -0.05) is 30.3 Å². The molecule has 9 heteroatoms. The smallest absolute Gasteiger partial charge is 0.390 e. The maximum absolute atomic E-state index is 13.5. The van der Waals surface area contributed by atoms with Crippen LogP contribution < -0.4 is 5.32 Å². The van der Waals surface area contributed by atoms with Crippen LogP contribution in [-0.2, 0) is 19.3 Å². The van der Waals surface area contributed by atoms with Crippen molar-refractivity contribution in [3.8, 4) is 22.5 Å². The summed E-state index contributed by atoms with van der Waals surface area (Å²) in [6.07, 6.45) is -0.889. The van der Waals surface area contributed by atoms with Crippen molar-refractivity contribution in [3.05, 3.63) is 90.0 Å². The lowest BCUT2D eigenvalue weighted by Crippen LogP contribution is -2.12.